The summed E-state index contributed by atoms with van der Waals surface area (Å²) in [5.41, 5.74) is 2.87. The van der Waals surface area contributed by atoms with Gasteiger partial charge in [0.1, 0.15) is 0 Å². The van der Waals surface area contributed by atoms with E-state index in [1.807, 2.05) is 194 Å². The summed E-state index contributed by atoms with van der Waals surface area (Å²) in [5.74, 6) is 2.20. The normalized spacial score (nSPS) is 11.9. The number of nitrogens with zero attached hydrogens (tertiary/aromatic N) is 9. The quantitative estimate of drug-likeness (QED) is 0.132. The minimum Gasteiger partial charge on any atom is -0.308 e. The molecule has 0 atom stereocenters. The van der Waals surface area contributed by atoms with Crippen molar-refractivity contribution < 1.29 is 26.3 Å². The van der Waals surface area contributed by atoms with Crippen LogP contribution in [0.2, 0.25) is 0 Å². The molecule has 4 heterocycles. The zero-order valence-corrected chi connectivity index (χ0v) is 43.8. The van der Waals surface area contributed by atoms with E-state index >= 15 is 26.3 Å². The zero-order valence-electron chi connectivity index (χ0n) is 43.8. The topological polar surface area (TPSA) is 111 Å². The first-order valence-electron chi connectivity index (χ1n) is 26.5. The highest BCUT2D eigenvalue weighted by Crippen LogP contribution is 2.47. The molecule has 0 saturated carbocycles. The van der Waals surface area contributed by atoms with Crippen LogP contribution in [-0.2, 0) is 12.4 Å². The fourth-order valence-corrected chi connectivity index (χ4v) is 11.0. The van der Waals surface area contributed by atoms with Crippen molar-refractivity contribution in [1.82, 2.24) is 39.0 Å². The Kier molecular flexibility index (Phi) is 12.3. The van der Waals surface area contributed by atoms with Crippen LogP contribution >= 0.6 is 0 Å². The Morgan fingerprint density at radius 3 is 0.940 bits per heavy atom. The second kappa shape index (κ2) is 20.2. The number of hydrogen-bond acceptors (Lipinski definition) is 7. The van der Waals surface area contributed by atoms with Crippen molar-refractivity contribution in [2.24, 2.45) is 0 Å². The summed E-state index contributed by atoms with van der Waals surface area (Å²) >= 11 is 0. The first kappa shape index (κ1) is 51.1. The van der Waals surface area contributed by atoms with Crippen LogP contribution in [-0.4, -0.2) is 39.0 Å². The van der Waals surface area contributed by atoms with Gasteiger partial charge in [-0.2, -0.15) is 31.6 Å². The Morgan fingerprint density at radius 1 is 0.298 bits per heavy atom. The van der Waals surface area contributed by atoms with Gasteiger partial charge in [-0.05, 0) is 60.2 Å². The first-order valence-corrected chi connectivity index (χ1v) is 26.5. The number of benzene rings is 10. The highest BCUT2D eigenvalue weighted by Gasteiger charge is 2.38. The van der Waals surface area contributed by atoms with Gasteiger partial charge in [0, 0.05) is 60.5 Å². The largest absolute Gasteiger partial charge is 0.416 e. The summed E-state index contributed by atoms with van der Waals surface area (Å²) in [6.07, 6.45) is -10.4. The molecule has 0 saturated heterocycles. The van der Waals surface area contributed by atoms with E-state index < -0.39 is 29.0 Å². The van der Waals surface area contributed by atoms with Crippen molar-refractivity contribution in [2.45, 2.75) is 12.4 Å². The molecule has 0 radical (unpaired) electrons. The molecule has 0 aliphatic rings. The smallest absolute Gasteiger partial charge is 0.308 e. The van der Waals surface area contributed by atoms with Gasteiger partial charge in [0.15, 0.2) is 34.9 Å². The average Bonchev–Trinajstić information content (AvgIpc) is 1.77. The van der Waals surface area contributed by atoms with E-state index in [2.05, 4.69) is 6.07 Å². The Balaban J connectivity index is 1.08. The number of alkyl halides is 6. The summed E-state index contributed by atoms with van der Waals surface area (Å²) in [5, 5.41) is 14.0. The number of hydrogen-bond donors (Lipinski definition) is 0. The summed E-state index contributed by atoms with van der Waals surface area (Å²) < 4.78 is 95.1. The molecule has 0 aliphatic heterocycles. The van der Waals surface area contributed by atoms with Crippen molar-refractivity contribution in [3.05, 3.63) is 253 Å². The van der Waals surface area contributed by atoms with E-state index in [1.165, 1.54) is 12.1 Å². The molecule has 9 nitrogen and oxygen atoms in total. The molecule has 10 aromatic carbocycles. The van der Waals surface area contributed by atoms with Gasteiger partial charge in [0.05, 0.1) is 56.2 Å². The lowest BCUT2D eigenvalue weighted by molar-refractivity contribution is -0.143. The molecule has 0 spiro atoms. The number of rotatable bonds is 9. The summed E-state index contributed by atoms with van der Waals surface area (Å²) in [6.45, 7) is 0. The van der Waals surface area contributed by atoms with Crippen molar-refractivity contribution in [3.63, 3.8) is 0 Å². The molecule has 4 aromatic heterocycles. The number of fused-ring (bicyclic) bond motifs is 6. The summed E-state index contributed by atoms with van der Waals surface area (Å²) in [6, 6.07) is 70.6. The van der Waals surface area contributed by atoms with E-state index in [9.17, 15) is 5.26 Å². The third-order valence-corrected chi connectivity index (χ3v) is 14.8. The molecule has 0 bridgehead atoms. The molecular weight excluding hydrogens is 1070 g/mol. The summed E-state index contributed by atoms with van der Waals surface area (Å²) in [7, 11) is 0. The van der Waals surface area contributed by atoms with Gasteiger partial charge >= 0.3 is 12.4 Å². The average molecular weight is 1110 g/mol. The van der Waals surface area contributed by atoms with Gasteiger partial charge in [-0.15, -0.1) is 0 Å². The third-order valence-electron chi connectivity index (χ3n) is 14.8. The van der Waals surface area contributed by atoms with Gasteiger partial charge < -0.3 is 9.13 Å². The molecule has 0 aliphatic carbocycles. The second-order valence-corrected chi connectivity index (χ2v) is 20.0. The highest BCUT2D eigenvalue weighted by molar-refractivity contribution is 6.13. The second-order valence-electron chi connectivity index (χ2n) is 20.0. The van der Waals surface area contributed by atoms with Gasteiger partial charge in [-0.25, -0.2) is 29.9 Å². The lowest BCUT2D eigenvalue weighted by Gasteiger charge is -2.22. The molecule has 0 N–H and O–H groups in total. The predicted octanol–water partition coefficient (Wildman–Crippen LogP) is 17.8. The Hall–Kier alpha value is -11.1. The number of para-hydroxylation sites is 2. The van der Waals surface area contributed by atoms with Crippen LogP contribution in [0, 0.1) is 11.3 Å². The molecule has 0 unspecified atom stereocenters. The highest BCUT2D eigenvalue weighted by atomic mass is 19.4. The molecule has 0 amide bonds. The maximum Gasteiger partial charge on any atom is 0.416 e. The molecule has 84 heavy (non-hydrogen) atoms. The van der Waals surface area contributed by atoms with Gasteiger partial charge in [0.2, 0.25) is 0 Å². The fraction of sp³-hybridized carbons (Fsp3) is 0.0290. The van der Waals surface area contributed by atoms with Crippen molar-refractivity contribution >= 4 is 43.6 Å². The first-order chi connectivity index (χ1) is 40.8. The summed E-state index contributed by atoms with van der Waals surface area (Å²) in [4.78, 5) is 29.7. The van der Waals surface area contributed by atoms with E-state index in [0.29, 0.717) is 89.7 Å². The van der Waals surface area contributed by atoms with Crippen LogP contribution in [0.3, 0.4) is 0 Å². The Bertz CT molecular complexity index is 4520. The zero-order chi connectivity index (χ0) is 57.3. The van der Waals surface area contributed by atoms with Gasteiger partial charge in [-0.1, -0.05) is 182 Å². The molecular formula is C69H39F6N9. The van der Waals surface area contributed by atoms with Crippen molar-refractivity contribution in [3.8, 4) is 96.9 Å². The van der Waals surface area contributed by atoms with Crippen molar-refractivity contribution in [1.29, 1.82) is 5.26 Å². The Labute approximate surface area is 474 Å². The lowest BCUT2D eigenvalue weighted by Crippen LogP contribution is -2.12. The van der Waals surface area contributed by atoms with Gasteiger partial charge in [0.25, 0.3) is 0 Å². The van der Waals surface area contributed by atoms with E-state index in [1.54, 1.807) is 21.3 Å². The van der Waals surface area contributed by atoms with Crippen LogP contribution in [0.25, 0.3) is 134 Å². The lowest BCUT2D eigenvalue weighted by atomic mass is 9.94. The van der Waals surface area contributed by atoms with Crippen LogP contribution in [0.1, 0.15) is 16.7 Å². The van der Waals surface area contributed by atoms with E-state index in [4.69, 9.17) is 29.9 Å². The number of aromatic nitrogens is 8. The van der Waals surface area contributed by atoms with Crippen LogP contribution in [0.15, 0.2) is 237 Å². The molecule has 402 valence electrons. The maximum absolute atomic E-state index is 15.3. The standard InChI is InChI=1S/C69H39F6N9/c70-68(71,72)49-35-48(36-50(39-49)69(73,74)75)61-59(83-55-27-15-13-25-51(55)53-31-29-46(37-57(53)83)66-79-62(42-17-5-1-6-18-42)77-63(80-66)43-19-7-2-8-20-43)33-41(40-76)34-60(61)84-56-28-16-14-26-52(56)54-32-30-47(38-58(54)84)67-81-64(44-21-9-3-10-22-44)78-65(82-67)45-23-11-4-12-24-45/h1-39H. The molecule has 0 fully saturated rings. The van der Waals surface area contributed by atoms with Crippen LogP contribution in [0.5, 0.6) is 0 Å². The van der Waals surface area contributed by atoms with Crippen LogP contribution in [0.4, 0.5) is 26.3 Å². The van der Waals surface area contributed by atoms with Crippen LogP contribution < -0.4 is 0 Å². The number of nitriles is 1. The predicted molar refractivity (Wildman–Crippen MR) is 315 cm³/mol. The molecule has 14 rings (SSSR count). The monoisotopic (exact) mass is 1110 g/mol. The molecule has 14 aromatic rings. The van der Waals surface area contributed by atoms with E-state index in [0.717, 1.165) is 34.4 Å². The number of halogens is 6. The minimum atomic E-state index is -5.21. The molecule has 15 heteroatoms. The Morgan fingerprint density at radius 2 is 0.607 bits per heavy atom. The maximum atomic E-state index is 15.3. The fourth-order valence-electron chi connectivity index (χ4n) is 11.0. The SMILES string of the molecule is N#Cc1cc(-n2c3ccccc3c3ccc(-c4nc(-c5ccccc5)nc(-c5ccccc5)n4)cc32)c(-c2cc(C(F)(F)F)cc(C(F)(F)F)c2)c(-n2c3ccccc3c3ccc(-c4nc(-c5ccccc5)nc(-c5ccccc5)n4)cc32)c1. The van der Waals surface area contributed by atoms with E-state index in [-0.39, 0.29) is 28.6 Å². The third kappa shape index (κ3) is 9.12. The van der Waals surface area contributed by atoms with Gasteiger partial charge in [-0.3, -0.25) is 0 Å². The minimum absolute atomic E-state index is 0.0394. The van der Waals surface area contributed by atoms with Crippen molar-refractivity contribution in [2.75, 3.05) is 0 Å².